The summed E-state index contributed by atoms with van der Waals surface area (Å²) >= 11 is 0. The Bertz CT molecular complexity index is 464. The molecule has 0 saturated carbocycles. The van der Waals surface area contributed by atoms with Gasteiger partial charge in [-0.05, 0) is 18.5 Å². The lowest BCUT2D eigenvalue weighted by atomic mass is 10.1. The lowest BCUT2D eigenvalue weighted by Gasteiger charge is -2.21. The van der Waals surface area contributed by atoms with E-state index in [1.165, 1.54) is 5.56 Å². The van der Waals surface area contributed by atoms with Crippen molar-refractivity contribution >= 4 is 12.4 Å². The largest absolute Gasteiger partial charge is 0.466 e. The van der Waals surface area contributed by atoms with E-state index in [0.717, 1.165) is 26.1 Å². The summed E-state index contributed by atoms with van der Waals surface area (Å²) in [6, 6.07) is 10.3. The van der Waals surface area contributed by atoms with Gasteiger partial charge < -0.3 is 9.64 Å². The molecule has 1 atom stereocenters. The van der Waals surface area contributed by atoms with Crippen LogP contribution in [0.5, 0.6) is 0 Å². The van der Waals surface area contributed by atoms with Crippen LogP contribution < -0.4 is 0 Å². The van der Waals surface area contributed by atoms with Crippen LogP contribution in [0.25, 0.3) is 0 Å². The highest BCUT2D eigenvalue weighted by atomic mass is 16.5. The minimum Gasteiger partial charge on any atom is -0.466 e. The molecule has 0 aromatic heterocycles. The summed E-state index contributed by atoms with van der Waals surface area (Å²) in [4.78, 5) is 26.4. The van der Waals surface area contributed by atoms with E-state index in [0.29, 0.717) is 13.0 Å². The number of nitrogens with zero attached hydrogens (tertiary/aromatic N) is 2. The molecule has 0 N–H and O–H groups in total. The highest BCUT2D eigenvalue weighted by Crippen LogP contribution is 2.20. The van der Waals surface area contributed by atoms with Crippen molar-refractivity contribution in [2.45, 2.75) is 13.0 Å². The van der Waals surface area contributed by atoms with Gasteiger partial charge in [0.1, 0.15) is 6.61 Å². The second kappa shape index (κ2) is 7.78. The van der Waals surface area contributed by atoms with Crippen molar-refractivity contribution in [3.05, 3.63) is 35.9 Å². The smallest absolute Gasteiger partial charge is 0.293 e. The minimum atomic E-state index is 0.0509. The first-order valence-electron chi connectivity index (χ1n) is 7.27. The third kappa shape index (κ3) is 4.56. The van der Waals surface area contributed by atoms with Gasteiger partial charge in [0.05, 0.1) is 12.5 Å². The van der Waals surface area contributed by atoms with E-state index >= 15 is 0 Å². The standard InChI is InChI=1S/C16H22N2O3/c1-17(9-10-21-13-19)16(20)15-7-8-18(12-15)11-14-5-3-2-4-6-14/h2-6,13,15H,7-12H2,1H3. The molecule has 5 heteroatoms. The SMILES string of the molecule is CN(CCOC=O)C(=O)C1CCN(Cc2ccccc2)C1. The third-order valence-electron chi connectivity index (χ3n) is 3.86. The summed E-state index contributed by atoms with van der Waals surface area (Å²) in [6.07, 6.45) is 0.893. The van der Waals surface area contributed by atoms with Crippen molar-refractivity contribution in [2.24, 2.45) is 5.92 Å². The fraction of sp³-hybridized carbons (Fsp3) is 0.500. The van der Waals surface area contributed by atoms with E-state index in [9.17, 15) is 9.59 Å². The Labute approximate surface area is 125 Å². The van der Waals surface area contributed by atoms with Crippen LogP contribution in [0, 0.1) is 5.92 Å². The van der Waals surface area contributed by atoms with E-state index in [1.54, 1.807) is 11.9 Å². The number of carbonyl (C=O) groups is 2. The zero-order chi connectivity index (χ0) is 15.1. The second-order valence-electron chi connectivity index (χ2n) is 5.43. The summed E-state index contributed by atoms with van der Waals surface area (Å²) in [6.45, 7) is 3.76. The van der Waals surface area contributed by atoms with E-state index in [4.69, 9.17) is 0 Å². The molecule has 2 rings (SSSR count). The number of hydrogen-bond donors (Lipinski definition) is 0. The Morgan fingerprint density at radius 3 is 2.90 bits per heavy atom. The number of likely N-dealkylation sites (N-methyl/N-ethyl adjacent to an activating group) is 1. The average Bonchev–Trinajstić information content (AvgIpc) is 2.96. The number of rotatable bonds is 7. The van der Waals surface area contributed by atoms with Gasteiger partial charge in [-0.2, -0.15) is 0 Å². The lowest BCUT2D eigenvalue weighted by Crippen LogP contribution is -2.36. The topological polar surface area (TPSA) is 49.9 Å². The first-order chi connectivity index (χ1) is 10.2. The Morgan fingerprint density at radius 2 is 2.19 bits per heavy atom. The van der Waals surface area contributed by atoms with E-state index in [1.807, 2.05) is 18.2 Å². The number of ether oxygens (including phenoxy) is 1. The summed E-state index contributed by atoms with van der Waals surface area (Å²) in [5, 5.41) is 0. The van der Waals surface area contributed by atoms with Crippen molar-refractivity contribution in [3.8, 4) is 0 Å². The third-order valence-corrected chi connectivity index (χ3v) is 3.86. The molecule has 1 fully saturated rings. The van der Waals surface area contributed by atoms with Crippen molar-refractivity contribution in [2.75, 3.05) is 33.3 Å². The number of likely N-dealkylation sites (tertiary alicyclic amines) is 1. The molecule has 114 valence electrons. The molecule has 1 aliphatic heterocycles. The molecule has 5 nitrogen and oxygen atoms in total. The van der Waals surface area contributed by atoms with Gasteiger partial charge in [-0.3, -0.25) is 14.5 Å². The van der Waals surface area contributed by atoms with Crippen LogP contribution in [-0.4, -0.2) is 55.5 Å². The maximum atomic E-state index is 12.3. The maximum Gasteiger partial charge on any atom is 0.293 e. The Kier molecular flexibility index (Phi) is 5.75. The molecule has 1 amide bonds. The number of amides is 1. The molecular weight excluding hydrogens is 268 g/mol. The van der Waals surface area contributed by atoms with Crippen LogP contribution in [0.3, 0.4) is 0 Å². The molecule has 1 aliphatic rings. The lowest BCUT2D eigenvalue weighted by molar-refractivity contribution is -0.137. The van der Waals surface area contributed by atoms with Gasteiger partial charge in [0.15, 0.2) is 0 Å². The fourth-order valence-electron chi connectivity index (χ4n) is 2.68. The molecule has 1 unspecified atom stereocenters. The zero-order valence-electron chi connectivity index (χ0n) is 12.4. The van der Waals surface area contributed by atoms with Gasteiger partial charge in [0.25, 0.3) is 6.47 Å². The van der Waals surface area contributed by atoms with Crippen molar-refractivity contribution in [1.29, 1.82) is 0 Å². The van der Waals surface area contributed by atoms with Crippen LogP contribution in [0.4, 0.5) is 0 Å². The van der Waals surface area contributed by atoms with Gasteiger partial charge in [-0.1, -0.05) is 30.3 Å². The van der Waals surface area contributed by atoms with E-state index in [-0.39, 0.29) is 18.4 Å². The summed E-state index contributed by atoms with van der Waals surface area (Å²) in [5.74, 6) is 0.190. The Hall–Kier alpha value is -1.88. The number of hydrogen-bond acceptors (Lipinski definition) is 4. The fourth-order valence-corrected chi connectivity index (χ4v) is 2.68. The highest BCUT2D eigenvalue weighted by Gasteiger charge is 2.30. The number of benzene rings is 1. The molecule has 0 spiro atoms. The predicted molar refractivity (Wildman–Crippen MR) is 79.5 cm³/mol. The molecule has 0 radical (unpaired) electrons. The molecule has 21 heavy (non-hydrogen) atoms. The Morgan fingerprint density at radius 1 is 1.43 bits per heavy atom. The predicted octanol–water partition coefficient (Wildman–Crippen LogP) is 1.14. The summed E-state index contributed by atoms with van der Waals surface area (Å²) in [5.41, 5.74) is 1.28. The van der Waals surface area contributed by atoms with Crippen LogP contribution in [-0.2, 0) is 20.9 Å². The van der Waals surface area contributed by atoms with Crippen LogP contribution in [0.15, 0.2) is 30.3 Å². The van der Waals surface area contributed by atoms with Gasteiger partial charge in [0.2, 0.25) is 5.91 Å². The zero-order valence-corrected chi connectivity index (χ0v) is 12.4. The number of carbonyl (C=O) groups excluding carboxylic acids is 2. The van der Waals surface area contributed by atoms with Crippen LogP contribution in [0.1, 0.15) is 12.0 Å². The van der Waals surface area contributed by atoms with Gasteiger partial charge >= 0.3 is 0 Å². The maximum absolute atomic E-state index is 12.3. The molecule has 1 heterocycles. The van der Waals surface area contributed by atoms with Gasteiger partial charge in [-0.15, -0.1) is 0 Å². The van der Waals surface area contributed by atoms with Crippen molar-refractivity contribution in [3.63, 3.8) is 0 Å². The van der Waals surface area contributed by atoms with Crippen LogP contribution in [0.2, 0.25) is 0 Å². The van der Waals surface area contributed by atoms with Crippen molar-refractivity contribution < 1.29 is 14.3 Å². The van der Waals surface area contributed by atoms with Crippen LogP contribution >= 0.6 is 0 Å². The van der Waals surface area contributed by atoms with E-state index in [2.05, 4.69) is 21.8 Å². The molecule has 1 aromatic rings. The average molecular weight is 290 g/mol. The van der Waals surface area contributed by atoms with Gasteiger partial charge in [-0.25, -0.2) is 0 Å². The molecule has 0 aliphatic carbocycles. The minimum absolute atomic E-state index is 0.0509. The van der Waals surface area contributed by atoms with Gasteiger partial charge in [0, 0.05) is 20.1 Å². The first-order valence-corrected chi connectivity index (χ1v) is 7.27. The Balaban J connectivity index is 1.78. The second-order valence-corrected chi connectivity index (χ2v) is 5.43. The molecule has 1 saturated heterocycles. The highest BCUT2D eigenvalue weighted by molar-refractivity contribution is 5.79. The van der Waals surface area contributed by atoms with Crippen molar-refractivity contribution in [1.82, 2.24) is 9.80 Å². The molecule has 0 bridgehead atoms. The normalized spacial score (nSPS) is 18.4. The summed E-state index contributed by atoms with van der Waals surface area (Å²) < 4.78 is 4.63. The molecular formula is C16H22N2O3. The first kappa shape index (κ1) is 15.5. The monoisotopic (exact) mass is 290 g/mol. The van der Waals surface area contributed by atoms with E-state index < -0.39 is 0 Å². The molecule has 1 aromatic carbocycles. The summed E-state index contributed by atoms with van der Waals surface area (Å²) in [7, 11) is 1.76. The quantitative estimate of drug-likeness (QED) is 0.558.